The van der Waals surface area contributed by atoms with Gasteiger partial charge in [0.1, 0.15) is 0 Å². The largest absolute Gasteiger partial charge is 0.500 e. The molecular weight excluding hydrogens is 332 g/mol. The number of hydrogen-bond donors (Lipinski definition) is 1. The van der Waals surface area contributed by atoms with Crippen LogP contribution in [-0.2, 0) is 13.3 Å². The highest BCUT2D eigenvalue weighted by Gasteiger charge is 2.36. The second kappa shape index (κ2) is 21.7. The topological polar surface area (TPSA) is 53.7 Å². The molecule has 104 valence electrons. The minimum absolute atomic E-state index is 0. The number of hydrogen-bond acceptors (Lipinski definition) is 4. The van der Waals surface area contributed by atoms with Crippen LogP contribution in [-0.4, -0.2) is 47.6 Å². The van der Waals surface area contributed by atoms with Crippen LogP contribution in [0.25, 0.3) is 0 Å². The summed E-state index contributed by atoms with van der Waals surface area (Å²) in [5, 5.41) is 0. The van der Waals surface area contributed by atoms with E-state index < -0.39 is 8.80 Å². The molecule has 4 radical (unpaired) electrons. The first-order chi connectivity index (χ1) is 5.24. The summed E-state index contributed by atoms with van der Waals surface area (Å²) in [5.41, 5.74) is 5.36. The third-order valence-corrected chi connectivity index (χ3v) is 4.45. The van der Waals surface area contributed by atoms with Crippen molar-refractivity contribution in [2.75, 3.05) is 27.9 Å². The molecule has 0 aromatic carbocycles. The van der Waals surface area contributed by atoms with E-state index >= 15 is 0 Å². The summed E-state index contributed by atoms with van der Waals surface area (Å²) in [6.07, 6.45) is 0.877. The average Bonchev–Trinajstić information content (AvgIpc) is 2.08. The van der Waals surface area contributed by atoms with Crippen LogP contribution in [0.5, 0.6) is 0 Å². The molecule has 0 aliphatic heterocycles. The molecule has 16 heavy (non-hydrogen) atoms. The molecule has 0 saturated carbocycles. The molecule has 0 rings (SSSR count). The molecule has 10 heteroatoms. The molecule has 2 N–H and O–H groups in total. The molecule has 0 atom stereocenters. The Labute approximate surface area is 128 Å². The van der Waals surface area contributed by atoms with Crippen LogP contribution in [0.2, 0.25) is 6.04 Å². The minimum atomic E-state index is -2.32. The summed E-state index contributed by atoms with van der Waals surface area (Å²) in [5.74, 6) is 0. The van der Waals surface area contributed by atoms with E-state index in [1.54, 1.807) is 21.3 Å². The van der Waals surface area contributed by atoms with Gasteiger partial charge in [-0.1, -0.05) is 0 Å². The molecule has 0 saturated heterocycles. The molecule has 0 spiro atoms. The summed E-state index contributed by atoms with van der Waals surface area (Å²) in [6, 6.07) is 0.785. The first-order valence-electron chi connectivity index (χ1n) is 3.60. The van der Waals surface area contributed by atoms with Crippen LogP contribution in [0.15, 0.2) is 0 Å². The fourth-order valence-corrected chi connectivity index (χ4v) is 2.62. The SMILES string of the molecule is CO[Si](CCCN)(OC)OC.Cl.Cl.Cl.Cl.[Si]. The van der Waals surface area contributed by atoms with Gasteiger partial charge in [-0.05, 0) is 13.0 Å². The third kappa shape index (κ3) is 13.5. The molecule has 0 amide bonds. The van der Waals surface area contributed by atoms with Gasteiger partial charge in [0.05, 0.1) is 0 Å². The molecule has 0 aromatic rings. The van der Waals surface area contributed by atoms with Crippen molar-refractivity contribution in [3.8, 4) is 0 Å². The molecule has 0 aliphatic carbocycles. The molecule has 0 fully saturated rings. The minimum Gasteiger partial charge on any atom is -0.377 e. The van der Waals surface area contributed by atoms with Crippen molar-refractivity contribution in [1.29, 1.82) is 0 Å². The van der Waals surface area contributed by atoms with E-state index in [-0.39, 0.29) is 60.6 Å². The molecule has 0 aromatic heterocycles. The maximum absolute atomic E-state index is 5.36. The van der Waals surface area contributed by atoms with E-state index in [9.17, 15) is 0 Å². The zero-order valence-electron chi connectivity index (χ0n) is 9.56. The van der Waals surface area contributed by atoms with Crippen molar-refractivity contribution in [1.82, 2.24) is 0 Å². The summed E-state index contributed by atoms with van der Waals surface area (Å²) < 4.78 is 15.5. The van der Waals surface area contributed by atoms with Crippen molar-refractivity contribution in [2.24, 2.45) is 5.73 Å². The van der Waals surface area contributed by atoms with Gasteiger partial charge in [-0.15, -0.1) is 49.6 Å². The zero-order valence-corrected chi connectivity index (χ0v) is 14.8. The highest BCUT2D eigenvalue weighted by atomic mass is 35.5. The van der Waals surface area contributed by atoms with Crippen molar-refractivity contribution < 1.29 is 13.3 Å². The fourth-order valence-electron chi connectivity index (χ4n) is 0.875. The Bertz CT molecular complexity index is 106. The molecule has 0 bridgehead atoms. The predicted octanol–water partition coefficient (Wildman–Crippen LogP) is 1.52. The van der Waals surface area contributed by atoms with Crippen LogP contribution >= 0.6 is 49.6 Å². The van der Waals surface area contributed by atoms with E-state index in [0.29, 0.717) is 6.54 Å². The molecule has 0 unspecified atom stereocenters. The monoisotopic (exact) mass is 351 g/mol. The van der Waals surface area contributed by atoms with Crippen LogP contribution in [0.1, 0.15) is 6.42 Å². The quantitative estimate of drug-likeness (QED) is 0.736. The van der Waals surface area contributed by atoms with E-state index in [1.807, 2.05) is 0 Å². The van der Waals surface area contributed by atoms with E-state index in [4.69, 9.17) is 19.0 Å². The second-order valence-electron chi connectivity index (χ2n) is 2.19. The Kier molecular flexibility index (Phi) is 48.8. The smallest absolute Gasteiger partial charge is 0.377 e. The Morgan fingerprint density at radius 2 is 1.19 bits per heavy atom. The van der Waals surface area contributed by atoms with Crippen LogP contribution in [0, 0.1) is 0 Å². The standard InChI is InChI=1S/C6H17NO3Si.4ClH.Si/c1-8-11(9-2,10-3)6-4-5-7;;;;;/h4-7H2,1-3H3;4*1H;. The van der Waals surface area contributed by atoms with Gasteiger partial charge in [0.25, 0.3) is 0 Å². The highest BCUT2D eigenvalue weighted by Crippen LogP contribution is 2.13. The maximum Gasteiger partial charge on any atom is 0.500 e. The Morgan fingerprint density at radius 3 is 1.38 bits per heavy atom. The third-order valence-electron chi connectivity index (χ3n) is 1.62. The molecule has 0 heterocycles. The first kappa shape index (κ1) is 36.0. The van der Waals surface area contributed by atoms with Gasteiger partial charge in [0.15, 0.2) is 0 Å². The maximum atomic E-state index is 5.36. The van der Waals surface area contributed by atoms with Crippen molar-refractivity contribution in [2.45, 2.75) is 12.5 Å². The molecule has 4 nitrogen and oxygen atoms in total. The lowest BCUT2D eigenvalue weighted by Crippen LogP contribution is -2.42. The molecular formula is C6H21Cl4NO3Si2. The van der Waals surface area contributed by atoms with Gasteiger partial charge in [0.2, 0.25) is 0 Å². The fraction of sp³-hybridized carbons (Fsp3) is 1.00. The van der Waals surface area contributed by atoms with Gasteiger partial charge in [-0.2, -0.15) is 0 Å². The number of rotatable bonds is 6. The van der Waals surface area contributed by atoms with Gasteiger partial charge in [0, 0.05) is 38.3 Å². The Balaban J connectivity index is -0.0000000500. The van der Waals surface area contributed by atoms with Gasteiger partial charge < -0.3 is 19.0 Å². The van der Waals surface area contributed by atoms with E-state index in [1.165, 1.54) is 0 Å². The summed E-state index contributed by atoms with van der Waals surface area (Å²) >= 11 is 0. The lowest BCUT2D eigenvalue weighted by molar-refractivity contribution is 0.123. The van der Waals surface area contributed by atoms with Crippen molar-refractivity contribution in [3.05, 3.63) is 0 Å². The Hall–Kier alpha value is 1.43. The van der Waals surface area contributed by atoms with Crippen LogP contribution < -0.4 is 5.73 Å². The van der Waals surface area contributed by atoms with Crippen molar-refractivity contribution in [3.63, 3.8) is 0 Å². The normalized spacial score (nSPS) is 8.25. The average molecular weight is 353 g/mol. The predicted molar refractivity (Wildman–Crippen MR) is 80.0 cm³/mol. The van der Waals surface area contributed by atoms with Gasteiger partial charge in [-0.3, -0.25) is 0 Å². The van der Waals surface area contributed by atoms with E-state index in [2.05, 4.69) is 0 Å². The summed E-state index contributed by atoms with van der Waals surface area (Å²) in [6.45, 7) is 0.644. The van der Waals surface area contributed by atoms with Crippen LogP contribution in [0.3, 0.4) is 0 Å². The number of halogens is 4. The van der Waals surface area contributed by atoms with Gasteiger partial charge >= 0.3 is 8.80 Å². The van der Waals surface area contributed by atoms with E-state index in [0.717, 1.165) is 12.5 Å². The zero-order chi connectivity index (χ0) is 8.74. The lowest BCUT2D eigenvalue weighted by Gasteiger charge is -2.23. The summed E-state index contributed by atoms with van der Waals surface area (Å²) in [7, 11) is 2.50. The highest BCUT2D eigenvalue weighted by molar-refractivity contribution is 6.60. The Morgan fingerprint density at radius 1 is 0.875 bits per heavy atom. The van der Waals surface area contributed by atoms with Crippen molar-refractivity contribution >= 4 is 69.4 Å². The molecule has 0 aliphatic rings. The number of nitrogens with two attached hydrogens (primary N) is 1. The lowest BCUT2D eigenvalue weighted by atomic mass is 10.5. The van der Waals surface area contributed by atoms with Gasteiger partial charge in [-0.25, -0.2) is 0 Å². The first-order valence-corrected chi connectivity index (χ1v) is 5.53. The second-order valence-corrected chi connectivity index (χ2v) is 5.28. The van der Waals surface area contributed by atoms with Crippen LogP contribution in [0.4, 0.5) is 0 Å². The summed E-state index contributed by atoms with van der Waals surface area (Å²) in [4.78, 5) is 0.